The molecule has 0 radical (unpaired) electrons. The van der Waals surface area contributed by atoms with Gasteiger partial charge in [0, 0.05) is 39.4 Å². The first-order valence-corrected chi connectivity index (χ1v) is 10.3. The van der Waals surface area contributed by atoms with Gasteiger partial charge in [-0.05, 0) is 33.4 Å². The summed E-state index contributed by atoms with van der Waals surface area (Å²) in [7, 11) is 1.47. The molecule has 0 fully saturated rings. The molecule has 0 saturated heterocycles. The molecule has 0 N–H and O–H groups in total. The van der Waals surface area contributed by atoms with Crippen LogP contribution in [0, 0.1) is 11.2 Å². The van der Waals surface area contributed by atoms with E-state index in [0.717, 1.165) is 31.0 Å². The van der Waals surface area contributed by atoms with E-state index in [1.165, 1.54) is 21.8 Å². The Morgan fingerprint density at radius 1 is 1.24 bits per heavy atom. The van der Waals surface area contributed by atoms with Crippen molar-refractivity contribution in [1.82, 2.24) is 0 Å². The molecule has 0 heterocycles. The lowest BCUT2D eigenvalue weighted by Gasteiger charge is -2.03. The van der Waals surface area contributed by atoms with E-state index >= 15 is 0 Å². The number of carbonyl (C=O) groups is 1. The molecular formula is C12H18BrIO2S. The van der Waals surface area contributed by atoms with Crippen LogP contribution in [0.4, 0.5) is 0 Å². The minimum absolute atomic E-state index is 0.0885. The second-order valence-corrected chi connectivity index (χ2v) is 6.01. The van der Waals surface area contributed by atoms with Gasteiger partial charge in [-0.1, -0.05) is 34.7 Å². The van der Waals surface area contributed by atoms with Crippen molar-refractivity contribution in [3.05, 3.63) is 0 Å². The van der Waals surface area contributed by atoms with Crippen molar-refractivity contribution >= 4 is 52.0 Å². The molecule has 0 rings (SSSR count). The number of hydrogen-bond acceptors (Lipinski definition) is 3. The molecule has 2 nitrogen and oxygen atoms in total. The van der Waals surface area contributed by atoms with Gasteiger partial charge in [0.2, 0.25) is 0 Å². The van der Waals surface area contributed by atoms with E-state index in [9.17, 15) is 4.79 Å². The molecule has 0 unspecified atom stereocenters. The Bertz CT molecular complexity index is 251. The third-order valence-electron chi connectivity index (χ3n) is 2.08. The van der Waals surface area contributed by atoms with Crippen molar-refractivity contribution in [3.8, 4) is 11.2 Å². The van der Waals surface area contributed by atoms with E-state index in [-0.39, 0.29) is 5.97 Å². The van der Waals surface area contributed by atoms with Crippen LogP contribution in [0.25, 0.3) is 0 Å². The van der Waals surface area contributed by atoms with Gasteiger partial charge in [-0.3, -0.25) is 4.79 Å². The van der Waals surface area contributed by atoms with Crippen molar-refractivity contribution in [2.45, 2.75) is 44.9 Å². The topological polar surface area (TPSA) is 26.3 Å². The summed E-state index contributed by atoms with van der Waals surface area (Å²) in [6, 6.07) is 0. The summed E-state index contributed by atoms with van der Waals surface area (Å²) in [5, 5.41) is 3.95. The Balaban J connectivity index is 3.23. The first kappa shape index (κ1) is 17.6. The molecule has 0 aliphatic carbocycles. The van der Waals surface area contributed by atoms with E-state index in [1.807, 2.05) is 0 Å². The Morgan fingerprint density at radius 3 is 2.71 bits per heavy atom. The first-order chi connectivity index (χ1) is 8.31. The second-order valence-electron chi connectivity index (χ2n) is 3.53. The van der Waals surface area contributed by atoms with Crippen LogP contribution in [-0.4, -0.2) is 17.9 Å². The number of rotatable bonds is 9. The van der Waals surface area contributed by atoms with Gasteiger partial charge in [0.25, 0.3) is 0 Å². The monoisotopic (exact) mass is 432 g/mol. The molecule has 0 saturated carbocycles. The lowest BCUT2D eigenvalue weighted by atomic mass is 10.2. The van der Waals surface area contributed by atoms with Gasteiger partial charge < -0.3 is 4.74 Å². The SMILES string of the molecule is O=C(CCCC#CSI)OCCCCCCBr. The largest absolute Gasteiger partial charge is 0.466 e. The van der Waals surface area contributed by atoms with Crippen LogP contribution in [0.2, 0.25) is 0 Å². The lowest BCUT2D eigenvalue weighted by molar-refractivity contribution is -0.143. The maximum Gasteiger partial charge on any atom is 0.305 e. The molecule has 0 spiro atoms. The minimum atomic E-state index is -0.0885. The van der Waals surface area contributed by atoms with Gasteiger partial charge >= 0.3 is 5.97 Å². The van der Waals surface area contributed by atoms with Crippen molar-refractivity contribution in [1.29, 1.82) is 0 Å². The van der Waals surface area contributed by atoms with Crippen molar-refractivity contribution in [2.75, 3.05) is 11.9 Å². The van der Waals surface area contributed by atoms with Crippen molar-refractivity contribution in [2.24, 2.45) is 0 Å². The average molecular weight is 433 g/mol. The fourth-order valence-electron chi connectivity index (χ4n) is 1.21. The summed E-state index contributed by atoms with van der Waals surface area (Å²) in [4.78, 5) is 11.3. The summed E-state index contributed by atoms with van der Waals surface area (Å²) >= 11 is 5.52. The average Bonchev–Trinajstić information content (AvgIpc) is 2.33. The number of alkyl halides is 1. The third kappa shape index (κ3) is 14.5. The highest BCUT2D eigenvalue weighted by Gasteiger charge is 2.01. The lowest BCUT2D eigenvalue weighted by Crippen LogP contribution is -2.05. The molecule has 0 aliphatic heterocycles. The fourth-order valence-corrected chi connectivity index (χ4v) is 2.23. The van der Waals surface area contributed by atoms with E-state index < -0.39 is 0 Å². The summed E-state index contributed by atoms with van der Waals surface area (Å²) in [6.07, 6.45) is 6.57. The highest BCUT2D eigenvalue weighted by molar-refractivity contribution is 14.2. The summed E-state index contributed by atoms with van der Waals surface area (Å²) in [5.74, 6) is 2.89. The van der Waals surface area contributed by atoms with Gasteiger partial charge in [0.1, 0.15) is 0 Å². The molecule has 98 valence electrons. The second kappa shape index (κ2) is 14.7. The number of halogens is 2. The number of hydrogen-bond donors (Lipinski definition) is 0. The van der Waals surface area contributed by atoms with Gasteiger partial charge in [0.05, 0.1) is 6.61 Å². The molecule has 0 aliphatic rings. The Morgan fingerprint density at radius 2 is 2.00 bits per heavy atom. The smallest absolute Gasteiger partial charge is 0.305 e. The zero-order valence-electron chi connectivity index (χ0n) is 9.84. The maximum atomic E-state index is 11.3. The maximum absolute atomic E-state index is 11.3. The standard InChI is InChI=1S/C12H18BrIO2S/c13-9-5-1-2-6-10-16-12(15)8-4-3-7-11-17-14/h1-6,8-10H2. The van der Waals surface area contributed by atoms with Crippen LogP contribution in [0.5, 0.6) is 0 Å². The predicted octanol–water partition coefficient (Wildman–Crippen LogP) is 4.70. The van der Waals surface area contributed by atoms with Gasteiger partial charge in [-0.2, -0.15) is 0 Å². The van der Waals surface area contributed by atoms with Crippen LogP contribution in [0.15, 0.2) is 0 Å². The molecule has 0 aromatic rings. The third-order valence-corrected chi connectivity index (χ3v) is 3.53. The molecular weight excluding hydrogens is 415 g/mol. The number of ether oxygens (including phenoxy) is 1. The Hall–Kier alpha value is 0.590. The van der Waals surface area contributed by atoms with Crippen molar-refractivity contribution < 1.29 is 9.53 Å². The molecule has 17 heavy (non-hydrogen) atoms. The van der Waals surface area contributed by atoms with Crippen LogP contribution in [0.3, 0.4) is 0 Å². The normalized spacial score (nSPS) is 9.53. The summed E-state index contributed by atoms with van der Waals surface area (Å²) < 4.78 is 5.12. The highest BCUT2D eigenvalue weighted by Crippen LogP contribution is 2.07. The fraction of sp³-hybridized carbons (Fsp3) is 0.750. The van der Waals surface area contributed by atoms with Crippen molar-refractivity contribution in [3.63, 3.8) is 0 Å². The minimum Gasteiger partial charge on any atom is -0.466 e. The molecule has 0 aromatic carbocycles. The van der Waals surface area contributed by atoms with Crippen LogP contribution in [0.1, 0.15) is 44.9 Å². The Kier molecular flexibility index (Phi) is 15.2. The molecule has 0 aromatic heterocycles. The number of unbranched alkanes of at least 4 members (excludes halogenated alkanes) is 4. The Labute approximate surface area is 129 Å². The van der Waals surface area contributed by atoms with E-state index in [0.29, 0.717) is 13.0 Å². The van der Waals surface area contributed by atoms with Gasteiger partial charge in [-0.25, -0.2) is 0 Å². The van der Waals surface area contributed by atoms with Crippen LogP contribution >= 0.6 is 46.1 Å². The van der Waals surface area contributed by atoms with E-state index in [2.05, 4.69) is 48.3 Å². The van der Waals surface area contributed by atoms with Crippen LogP contribution in [-0.2, 0) is 9.53 Å². The molecule has 5 heteroatoms. The molecule has 0 bridgehead atoms. The summed E-state index contributed by atoms with van der Waals surface area (Å²) in [6.45, 7) is 0.566. The predicted molar refractivity (Wildman–Crippen MR) is 86.5 cm³/mol. The van der Waals surface area contributed by atoms with E-state index in [4.69, 9.17) is 4.74 Å². The highest BCUT2D eigenvalue weighted by atomic mass is 127. The number of carbonyl (C=O) groups excluding carboxylic acids is 1. The van der Waals surface area contributed by atoms with E-state index in [1.54, 1.807) is 0 Å². The van der Waals surface area contributed by atoms with Gasteiger partial charge in [0.15, 0.2) is 0 Å². The quantitative estimate of drug-likeness (QED) is 0.174. The first-order valence-electron chi connectivity index (χ1n) is 5.78. The summed E-state index contributed by atoms with van der Waals surface area (Å²) in [5.41, 5.74) is 0. The molecule has 0 amide bonds. The zero-order chi connectivity index (χ0) is 12.8. The number of esters is 1. The zero-order valence-corrected chi connectivity index (χ0v) is 14.4. The van der Waals surface area contributed by atoms with Crippen LogP contribution < -0.4 is 0 Å². The molecule has 0 atom stereocenters. The van der Waals surface area contributed by atoms with Gasteiger partial charge in [-0.15, -0.1) is 0 Å².